The third kappa shape index (κ3) is 4.32. The van der Waals surface area contributed by atoms with Crippen molar-refractivity contribution in [1.29, 1.82) is 0 Å². The van der Waals surface area contributed by atoms with Crippen LogP contribution in [0.25, 0.3) is 16.5 Å². The molecule has 2 heteroatoms. The van der Waals surface area contributed by atoms with Crippen LogP contribution >= 0.6 is 0 Å². The molecule has 2 nitrogen and oxygen atoms in total. The van der Waals surface area contributed by atoms with E-state index in [0.717, 1.165) is 34.9 Å². The number of aromatic nitrogens is 1. The van der Waals surface area contributed by atoms with Gasteiger partial charge in [0.25, 0.3) is 5.56 Å². The quantitative estimate of drug-likeness (QED) is 0.539. The molecule has 0 saturated carbocycles. The first-order valence-electron chi connectivity index (χ1n) is 9.80. The lowest BCUT2D eigenvalue weighted by Crippen LogP contribution is -2.19. The molecule has 3 rings (SSSR count). The van der Waals surface area contributed by atoms with Crippen LogP contribution in [0.5, 0.6) is 0 Å². The molecule has 0 radical (unpaired) electrons. The average Bonchev–Trinajstić information content (AvgIpc) is 2.59. The molecule has 0 fully saturated rings. The highest BCUT2D eigenvalue weighted by Gasteiger charge is 2.15. The molecule has 3 aromatic rings. The minimum absolute atomic E-state index is 0.0699. The third-order valence-electron chi connectivity index (χ3n) is 5.17. The summed E-state index contributed by atoms with van der Waals surface area (Å²) in [7, 11) is 0. The summed E-state index contributed by atoms with van der Waals surface area (Å²) in [5, 5.41) is 1.87. The molecule has 0 atom stereocenters. The van der Waals surface area contributed by atoms with Gasteiger partial charge in [0.15, 0.2) is 0 Å². The number of benzene rings is 2. The Morgan fingerprint density at radius 2 is 1.52 bits per heavy atom. The van der Waals surface area contributed by atoms with E-state index in [9.17, 15) is 4.79 Å². The van der Waals surface area contributed by atoms with Crippen LogP contribution in [-0.4, -0.2) is 4.57 Å². The Labute approximate surface area is 162 Å². The van der Waals surface area contributed by atoms with Crippen LogP contribution in [0.3, 0.4) is 0 Å². The molecular formula is C25H31NO. The Bertz CT molecular complexity index is 996. The van der Waals surface area contributed by atoms with Crippen molar-refractivity contribution in [1.82, 2.24) is 4.57 Å². The summed E-state index contributed by atoms with van der Waals surface area (Å²) in [5.74, 6) is 0. The average molecular weight is 362 g/mol. The fourth-order valence-corrected chi connectivity index (χ4v) is 3.41. The SMILES string of the molecule is CC(C)(C)CCc1cccc2ccn(-c3ccc(C(C)(C)C)cc3)c(=O)c12. The van der Waals surface area contributed by atoms with E-state index < -0.39 is 0 Å². The van der Waals surface area contributed by atoms with E-state index in [4.69, 9.17) is 0 Å². The summed E-state index contributed by atoms with van der Waals surface area (Å²) in [6.07, 6.45) is 3.87. The largest absolute Gasteiger partial charge is 0.284 e. The third-order valence-corrected chi connectivity index (χ3v) is 5.17. The van der Waals surface area contributed by atoms with Gasteiger partial charge in [-0.1, -0.05) is 71.9 Å². The summed E-state index contributed by atoms with van der Waals surface area (Å²) in [4.78, 5) is 13.3. The summed E-state index contributed by atoms with van der Waals surface area (Å²) in [5.41, 5.74) is 3.76. The van der Waals surface area contributed by atoms with Gasteiger partial charge in [-0.2, -0.15) is 0 Å². The summed E-state index contributed by atoms with van der Waals surface area (Å²) < 4.78 is 1.77. The number of aryl methyl sites for hydroxylation is 1. The number of fused-ring (bicyclic) bond motifs is 1. The second kappa shape index (κ2) is 6.99. The summed E-state index contributed by atoms with van der Waals surface area (Å²) in [6.45, 7) is 13.3. The summed E-state index contributed by atoms with van der Waals surface area (Å²) in [6, 6.07) is 16.6. The second-order valence-corrected chi connectivity index (χ2v) is 9.73. The molecule has 0 saturated heterocycles. The lowest BCUT2D eigenvalue weighted by atomic mass is 9.87. The standard InChI is InChI=1S/C25H31NO/c1-24(2,3)16-14-18-8-7-9-19-15-17-26(23(27)22(18)19)21-12-10-20(11-13-21)25(4,5)6/h7-13,15,17H,14,16H2,1-6H3. The fourth-order valence-electron chi connectivity index (χ4n) is 3.41. The minimum Gasteiger partial charge on any atom is -0.284 e. The Morgan fingerprint density at radius 1 is 0.852 bits per heavy atom. The lowest BCUT2D eigenvalue weighted by Gasteiger charge is -2.20. The van der Waals surface area contributed by atoms with Crippen molar-refractivity contribution in [2.45, 2.75) is 59.8 Å². The molecule has 142 valence electrons. The van der Waals surface area contributed by atoms with E-state index in [1.807, 2.05) is 24.4 Å². The molecule has 0 aliphatic rings. The van der Waals surface area contributed by atoms with Crippen molar-refractivity contribution < 1.29 is 0 Å². The fraction of sp³-hybridized carbons (Fsp3) is 0.400. The predicted octanol–water partition coefficient (Wildman–Crippen LogP) is 6.27. The molecule has 2 aromatic carbocycles. The summed E-state index contributed by atoms with van der Waals surface area (Å²) >= 11 is 0. The molecule has 1 heterocycles. The Kier molecular flexibility index (Phi) is 5.03. The van der Waals surface area contributed by atoms with Gasteiger partial charge in [0, 0.05) is 11.9 Å². The van der Waals surface area contributed by atoms with E-state index in [0.29, 0.717) is 0 Å². The Morgan fingerprint density at radius 3 is 2.11 bits per heavy atom. The molecule has 0 N–H and O–H groups in total. The smallest absolute Gasteiger partial charge is 0.263 e. The first kappa shape index (κ1) is 19.4. The van der Waals surface area contributed by atoms with Gasteiger partial charge < -0.3 is 0 Å². The van der Waals surface area contributed by atoms with Gasteiger partial charge in [-0.3, -0.25) is 9.36 Å². The van der Waals surface area contributed by atoms with Crippen molar-refractivity contribution >= 4 is 10.8 Å². The number of nitrogens with zero attached hydrogens (tertiary/aromatic N) is 1. The van der Waals surface area contributed by atoms with E-state index in [1.54, 1.807) is 4.57 Å². The predicted molar refractivity (Wildman–Crippen MR) is 116 cm³/mol. The zero-order valence-corrected chi connectivity index (χ0v) is 17.5. The van der Waals surface area contributed by atoms with Crippen molar-refractivity contribution in [3.8, 4) is 5.69 Å². The van der Waals surface area contributed by atoms with E-state index >= 15 is 0 Å². The highest BCUT2D eigenvalue weighted by Crippen LogP contribution is 2.25. The van der Waals surface area contributed by atoms with Crippen LogP contribution < -0.4 is 5.56 Å². The van der Waals surface area contributed by atoms with Gasteiger partial charge >= 0.3 is 0 Å². The van der Waals surface area contributed by atoms with Crippen LogP contribution in [0, 0.1) is 5.41 Å². The van der Waals surface area contributed by atoms with Gasteiger partial charge in [-0.05, 0) is 58.4 Å². The first-order chi connectivity index (χ1) is 12.6. The molecule has 0 amide bonds. The van der Waals surface area contributed by atoms with Crippen molar-refractivity contribution in [2.24, 2.45) is 5.41 Å². The lowest BCUT2D eigenvalue weighted by molar-refractivity contribution is 0.378. The van der Waals surface area contributed by atoms with Crippen molar-refractivity contribution in [3.63, 3.8) is 0 Å². The number of pyridine rings is 1. The Balaban J connectivity index is 2.08. The maximum Gasteiger partial charge on any atom is 0.263 e. The number of rotatable bonds is 3. The maximum absolute atomic E-state index is 13.3. The molecule has 27 heavy (non-hydrogen) atoms. The number of hydrogen-bond acceptors (Lipinski definition) is 1. The first-order valence-corrected chi connectivity index (χ1v) is 9.80. The van der Waals surface area contributed by atoms with Crippen molar-refractivity contribution in [3.05, 3.63) is 76.2 Å². The molecule has 0 aliphatic carbocycles. The van der Waals surface area contributed by atoms with E-state index in [1.165, 1.54) is 5.56 Å². The second-order valence-electron chi connectivity index (χ2n) is 9.73. The molecule has 0 spiro atoms. The van der Waals surface area contributed by atoms with Crippen LogP contribution in [-0.2, 0) is 11.8 Å². The van der Waals surface area contributed by atoms with Gasteiger partial charge in [0.2, 0.25) is 0 Å². The van der Waals surface area contributed by atoms with E-state index in [2.05, 4.69) is 71.9 Å². The normalized spacial score (nSPS) is 12.5. The van der Waals surface area contributed by atoms with Gasteiger partial charge in [0.1, 0.15) is 0 Å². The van der Waals surface area contributed by atoms with Crippen molar-refractivity contribution in [2.75, 3.05) is 0 Å². The molecular weight excluding hydrogens is 330 g/mol. The zero-order valence-electron chi connectivity index (χ0n) is 17.5. The number of hydrogen-bond donors (Lipinski definition) is 0. The maximum atomic E-state index is 13.3. The topological polar surface area (TPSA) is 22.0 Å². The van der Waals surface area contributed by atoms with Crippen LogP contribution in [0.4, 0.5) is 0 Å². The van der Waals surface area contributed by atoms with Gasteiger partial charge in [-0.25, -0.2) is 0 Å². The van der Waals surface area contributed by atoms with Gasteiger partial charge in [0.05, 0.1) is 5.39 Å². The highest BCUT2D eigenvalue weighted by molar-refractivity contribution is 5.85. The van der Waals surface area contributed by atoms with Crippen LogP contribution in [0.1, 0.15) is 59.1 Å². The Hall–Kier alpha value is -2.35. The monoisotopic (exact) mass is 361 g/mol. The molecule has 0 unspecified atom stereocenters. The van der Waals surface area contributed by atoms with Crippen LogP contribution in [0.2, 0.25) is 0 Å². The minimum atomic E-state index is 0.0699. The molecule has 0 aliphatic heterocycles. The van der Waals surface area contributed by atoms with Gasteiger partial charge in [-0.15, -0.1) is 0 Å². The molecule has 1 aromatic heterocycles. The van der Waals surface area contributed by atoms with E-state index in [-0.39, 0.29) is 16.4 Å². The zero-order chi connectivity index (χ0) is 19.8. The van der Waals surface area contributed by atoms with Crippen LogP contribution in [0.15, 0.2) is 59.5 Å². The highest BCUT2D eigenvalue weighted by atomic mass is 16.1. The molecule has 0 bridgehead atoms.